The van der Waals surface area contributed by atoms with Crippen molar-refractivity contribution in [1.82, 2.24) is 10.6 Å². The summed E-state index contributed by atoms with van der Waals surface area (Å²) in [6, 6.07) is 4.03. The maximum absolute atomic E-state index is 13.4. The van der Waals surface area contributed by atoms with Crippen LogP contribution in [-0.2, 0) is 4.74 Å². The summed E-state index contributed by atoms with van der Waals surface area (Å²) in [6.45, 7) is 2.33. The maximum Gasteiger partial charge on any atom is 0.315 e. The zero-order valence-electron chi connectivity index (χ0n) is 13.2. The van der Waals surface area contributed by atoms with Crippen molar-refractivity contribution in [3.05, 3.63) is 29.6 Å². The highest BCUT2D eigenvalue weighted by Crippen LogP contribution is 2.34. The quantitative estimate of drug-likeness (QED) is 0.849. The van der Waals surface area contributed by atoms with Gasteiger partial charge in [0.15, 0.2) is 11.6 Å². The highest BCUT2D eigenvalue weighted by molar-refractivity contribution is 5.74. The fourth-order valence-electron chi connectivity index (χ4n) is 2.54. The van der Waals surface area contributed by atoms with Crippen LogP contribution < -0.4 is 15.4 Å². The molecule has 2 amide bonds. The zero-order chi connectivity index (χ0) is 16.2. The van der Waals surface area contributed by atoms with Crippen LogP contribution in [0.4, 0.5) is 9.18 Å². The lowest BCUT2D eigenvalue weighted by atomic mass is 9.80. The van der Waals surface area contributed by atoms with Gasteiger partial charge in [-0.2, -0.15) is 0 Å². The van der Waals surface area contributed by atoms with Gasteiger partial charge in [0, 0.05) is 13.7 Å². The number of methoxy groups -OCH3 is 2. The van der Waals surface area contributed by atoms with Crippen molar-refractivity contribution in [2.24, 2.45) is 0 Å². The monoisotopic (exact) mass is 310 g/mol. The third kappa shape index (κ3) is 3.68. The molecule has 1 aliphatic carbocycles. The molecular weight excluding hydrogens is 287 g/mol. The molecule has 0 aromatic heterocycles. The van der Waals surface area contributed by atoms with Crippen molar-refractivity contribution in [3.63, 3.8) is 0 Å². The Balaban J connectivity index is 1.88. The topological polar surface area (TPSA) is 59.6 Å². The lowest BCUT2D eigenvalue weighted by Crippen LogP contribution is -2.51. The first-order valence-corrected chi connectivity index (χ1v) is 7.42. The van der Waals surface area contributed by atoms with Crippen LogP contribution in [0.2, 0.25) is 0 Å². The molecule has 0 spiro atoms. The van der Waals surface area contributed by atoms with E-state index in [1.807, 2.05) is 6.92 Å². The van der Waals surface area contributed by atoms with Gasteiger partial charge in [0.2, 0.25) is 0 Å². The molecule has 0 bridgehead atoms. The Morgan fingerprint density at radius 2 is 2.14 bits per heavy atom. The van der Waals surface area contributed by atoms with Crippen molar-refractivity contribution < 1.29 is 18.7 Å². The number of carbonyl (C=O) groups excluding carboxylic acids is 1. The molecule has 5 nitrogen and oxygen atoms in total. The molecule has 0 saturated heterocycles. The summed E-state index contributed by atoms with van der Waals surface area (Å²) in [5.41, 5.74) is 0.568. The minimum atomic E-state index is -0.421. The van der Waals surface area contributed by atoms with Crippen LogP contribution in [-0.4, -0.2) is 32.4 Å². The van der Waals surface area contributed by atoms with E-state index in [9.17, 15) is 9.18 Å². The molecule has 1 aromatic carbocycles. The van der Waals surface area contributed by atoms with Crippen LogP contribution in [0.3, 0.4) is 0 Å². The van der Waals surface area contributed by atoms with Crippen LogP contribution in [0, 0.1) is 5.82 Å². The van der Waals surface area contributed by atoms with Gasteiger partial charge in [-0.15, -0.1) is 0 Å². The number of urea groups is 1. The lowest BCUT2D eigenvalue weighted by Gasteiger charge is -2.40. The van der Waals surface area contributed by atoms with E-state index >= 15 is 0 Å². The third-order valence-electron chi connectivity index (χ3n) is 4.29. The summed E-state index contributed by atoms with van der Waals surface area (Å²) >= 11 is 0. The van der Waals surface area contributed by atoms with Gasteiger partial charge in [-0.05, 0) is 43.9 Å². The summed E-state index contributed by atoms with van der Waals surface area (Å²) in [4.78, 5) is 12.0. The first-order chi connectivity index (χ1) is 10.5. The Morgan fingerprint density at radius 1 is 1.41 bits per heavy atom. The summed E-state index contributed by atoms with van der Waals surface area (Å²) in [5.74, 6) is -0.255. The van der Waals surface area contributed by atoms with Crippen LogP contribution in [0.15, 0.2) is 18.2 Å². The van der Waals surface area contributed by atoms with Gasteiger partial charge in [-0.1, -0.05) is 6.07 Å². The van der Waals surface area contributed by atoms with E-state index in [0.717, 1.165) is 24.8 Å². The van der Waals surface area contributed by atoms with E-state index in [0.29, 0.717) is 6.54 Å². The standard InChI is InChI=1S/C16H23FN2O3/c1-11(12-5-6-13(17)14(9-12)21-2)19-15(20)18-10-16(22-3)7-4-8-16/h5-6,9,11H,4,7-8,10H2,1-3H3,(H2,18,19,20)/t11-/m1/s1. The van der Waals surface area contributed by atoms with E-state index in [1.165, 1.54) is 13.2 Å². The number of amides is 2. The van der Waals surface area contributed by atoms with Crippen molar-refractivity contribution >= 4 is 6.03 Å². The zero-order valence-corrected chi connectivity index (χ0v) is 13.2. The molecule has 1 aliphatic rings. The van der Waals surface area contributed by atoms with E-state index < -0.39 is 5.82 Å². The predicted molar refractivity (Wildman–Crippen MR) is 81.5 cm³/mol. The van der Waals surface area contributed by atoms with Gasteiger partial charge in [0.25, 0.3) is 0 Å². The van der Waals surface area contributed by atoms with Gasteiger partial charge in [0.1, 0.15) is 0 Å². The molecular formula is C16H23FN2O3. The molecule has 2 rings (SSSR count). The largest absolute Gasteiger partial charge is 0.494 e. The van der Waals surface area contributed by atoms with Crippen molar-refractivity contribution in [3.8, 4) is 5.75 Å². The second-order valence-electron chi connectivity index (χ2n) is 5.68. The van der Waals surface area contributed by atoms with Crippen LogP contribution in [0.25, 0.3) is 0 Å². The van der Waals surface area contributed by atoms with Crippen molar-refractivity contribution in [2.45, 2.75) is 37.8 Å². The molecule has 0 aliphatic heterocycles. The van der Waals surface area contributed by atoms with Crippen molar-refractivity contribution in [2.75, 3.05) is 20.8 Å². The maximum atomic E-state index is 13.4. The fraction of sp³-hybridized carbons (Fsp3) is 0.562. The van der Waals surface area contributed by atoms with E-state index in [1.54, 1.807) is 19.2 Å². The number of carbonyl (C=O) groups is 1. The first-order valence-electron chi connectivity index (χ1n) is 7.42. The number of rotatable bonds is 6. The smallest absolute Gasteiger partial charge is 0.315 e. The molecule has 1 fully saturated rings. The van der Waals surface area contributed by atoms with E-state index in [-0.39, 0.29) is 23.4 Å². The predicted octanol–water partition coefficient (Wildman–Crippen LogP) is 2.76. The number of hydrogen-bond donors (Lipinski definition) is 2. The van der Waals surface area contributed by atoms with Gasteiger partial charge in [-0.3, -0.25) is 0 Å². The summed E-state index contributed by atoms with van der Waals surface area (Å²) in [6.07, 6.45) is 3.06. The number of nitrogens with one attached hydrogen (secondary N) is 2. The van der Waals surface area contributed by atoms with Crippen LogP contribution in [0.1, 0.15) is 37.8 Å². The van der Waals surface area contributed by atoms with Crippen molar-refractivity contribution in [1.29, 1.82) is 0 Å². The Kier molecular flexibility index (Phi) is 5.24. The first kappa shape index (κ1) is 16.5. The SMILES string of the molecule is COc1cc([C@@H](C)NC(=O)NCC2(OC)CCC2)ccc1F. The Bertz CT molecular complexity index is 527. The molecule has 2 N–H and O–H groups in total. The highest BCUT2D eigenvalue weighted by atomic mass is 19.1. The van der Waals surface area contributed by atoms with Gasteiger partial charge in [0.05, 0.1) is 18.8 Å². The molecule has 22 heavy (non-hydrogen) atoms. The average Bonchev–Trinajstić information content (AvgIpc) is 2.47. The molecule has 122 valence electrons. The van der Waals surface area contributed by atoms with Gasteiger partial charge < -0.3 is 20.1 Å². The van der Waals surface area contributed by atoms with Crippen LogP contribution in [0.5, 0.6) is 5.75 Å². The molecule has 1 atom stereocenters. The number of hydrogen-bond acceptors (Lipinski definition) is 3. The molecule has 0 unspecified atom stereocenters. The fourth-order valence-corrected chi connectivity index (χ4v) is 2.54. The second-order valence-corrected chi connectivity index (χ2v) is 5.68. The summed E-state index contributed by atoms with van der Waals surface area (Å²) in [5, 5.41) is 5.66. The number of halogens is 1. The molecule has 6 heteroatoms. The van der Waals surface area contributed by atoms with E-state index in [4.69, 9.17) is 9.47 Å². The Morgan fingerprint density at radius 3 is 2.68 bits per heavy atom. The molecule has 0 radical (unpaired) electrons. The van der Waals surface area contributed by atoms with Gasteiger partial charge in [-0.25, -0.2) is 9.18 Å². The lowest BCUT2D eigenvalue weighted by molar-refractivity contribution is -0.0674. The minimum absolute atomic E-state index is 0.166. The summed E-state index contributed by atoms with van der Waals surface area (Å²) in [7, 11) is 3.09. The van der Waals surface area contributed by atoms with Gasteiger partial charge >= 0.3 is 6.03 Å². The normalized spacial score (nSPS) is 17.3. The molecule has 0 heterocycles. The molecule has 1 saturated carbocycles. The Labute approximate surface area is 130 Å². The number of benzene rings is 1. The average molecular weight is 310 g/mol. The summed E-state index contributed by atoms with van der Waals surface area (Å²) < 4.78 is 23.8. The van der Waals surface area contributed by atoms with E-state index in [2.05, 4.69) is 10.6 Å². The highest BCUT2D eigenvalue weighted by Gasteiger charge is 2.37. The Hall–Kier alpha value is -1.82. The van der Waals surface area contributed by atoms with Crippen LogP contribution >= 0.6 is 0 Å². The second kappa shape index (κ2) is 6.96. The minimum Gasteiger partial charge on any atom is -0.494 e. The molecule has 1 aromatic rings. The number of ether oxygens (including phenoxy) is 2. The third-order valence-corrected chi connectivity index (χ3v) is 4.29.